The zero-order valence-corrected chi connectivity index (χ0v) is 20.4. The standard InChI is InChI=1S/C27H31N3O3S/c1-33-22-15-11-19(12-16-22)17-29(20-13-14-20)25(31)18-34-27-28-24-10-6-5-9-23(24)26(32)30(27)21-7-3-2-4-8-21/h5-6,9-12,15-16,20-21H,2-4,7-8,13-14,17-18H2,1H3. The Kier molecular flexibility index (Phi) is 6.90. The lowest BCUT2D eigenvalue weighted by atomic mass is 9.95. The van der Waals surface area contributed by atoms with Crippen LogP contribution < -0.4 is 10.3 Å². The third kappa shape index (κ3) is 4.99. The first-order valence-corrected chi connectivity index (χ1v) is 13.2. The summed E-state index contributed by atoms with van der Waals surface area (Å²) in [5, 5.41) is 1.33. The highest BCUT2D eigenvalue weighted by Crippen LogP contribution is 2.33. The Bertz CT molecular complexity index is 1210. The lowest BCUT2D eigenvalue weighted by Crippen LogP contribution is -2.34. The number of rotatable bonds is 8. The zero-order chi connectivity index (χ0) is 23.5. The smallest absolute Gasteiger partial charge is 0.262 e. The van der Waals surface area contributed by atoms with Crippen LogP contribution in [0.25, 0.3) is 10.9 Å². The van der Waals surface area contributed by atoms with Gasteiger partial charge in [-0.25, -0.2) is 4.98 Å². The summed E-state index contributed by atoms with van der Waals surface area (Å²) in [4.78, 5) is 33.6. The number of hydrogen-bond donors (Lipinski definition) is 0. The van der Waals surface area contributed by atoms with Crippen molar-refractivity contribution in [3.63, 3.8) is 0 Å². The molecule has 1 heterocycles. The Morgan fingerprint density at radius 1 is 1.06 bits per heavy atom. The summed E-state index contributed by atoms with van der Waals surface area (Å²) in [6.07, 6.45) is 7.56. The van der Waals surface area contributed by atoms with Crippen LogP contribution in [0.5, 0.6) is 5.75 Å². The van der Waals surface area contributed by atoms with E-state index in [1.54, 1.807) is 7.11 Å². The minimum Gasteiger partial charge on any atom is -0.497 e. The van der Waals surface area contributed by atoms with Gasteiger partial charge in [0.15, 0.2) is 5.16 Å². The molecule has 0 unspecified atom stereocenters. The number of fused-ring (bicyclic) bond motifs is 1. The number of amides is 1. The Morgan fingerprint density at radius 3 is 2.50 bits per heavy atom. The van der Waals surface area contributed by atoms with Crippen LogP contribution in [-0.2, 0) is 11.3 Å². The van der Waals surface area contributed by atoms with Crippen molar-refractivity contribution in [2.24, 2.45) is 0 Å². The summed E-state index contributed by atoms with van der Waals surface area (Å²) in [6, 6.07) is 15.9. The lowest BCUT2D eigenvalue weighted by Gasteiger charge is -2.27. The van der Waals surface area contributed by atoms with Gasteiger partial charge in [0.1, 0.15) is 5.75 Å². The number of para-hydroxylation sites is 1. The molecular formula is C27H31N3O3S. The Labute approximate surface area is 204 Å². The van der Waals surface area contributed by atoms with E-state index in [0.717, 1.165) is 49.8 Å². The monoisotopic (exact) mass is 477 g/mol. The largest absolute Gasteiger partial charge is 0.497 e. The normalized spacial score (nSPS) is 16.5. The number of thioether (sulfide) groups is 1. The van der Waals surface area contributed by atoms with Gasteiger partial charge in [-0.3, -0.25) is 14.2 Å². The summed E-state index contributed by atoms with van der Waals surface area (Å²) in [5.41, 5.74) is 1.81. The third-order valence-corrected chi connectivity index (χ3v) is 7.80. The second kappa shape index (κ2) is 10.2. The fourth-order valence-corrected chi connectivity index (χ4v) is 5.78. The Hall–Kier alpha value is -2.80. The number of ether oxygens (including phenoxy) is 1. The summed E-state index contributed by atoms with van der Waals surface area (Å²) >= 11 is 1.41. The van der Waals surface area contributed by atoms with Crippen molar-refractivity contribution in [3.05, 3.63) is 64.4 Å². The van der Waals surface area contributed by atoms with Crippen LogP contribution in [-0.4, -0.2) is 39.3 Å². The molecule has 0 atom stereocenters. The molecule has 0 N–H and O–H groups in total. The van der Waals surface area contributed by atoms with E-state index >= 15 is 0 Å². The quantitative estimate of drug-likeness (QED) is 0.330. The molecule has 2 aromatic carbocycles. The van der Waals surface area contributed by atoms with Crippen LogP contribution in [0.3, 0.4) is 0 Å². The molecule has 1 amide bonds. The van der Waals surface area contributed by atoms with Gasteiger partial charge in [0.2, 0.25) is 5.91 Å². The predicted molar refractivity (Wildman–Crippen MR) is 135 cm³/mol. The van der Waals surface area contributed by atoms with E-state index in [4.69, 9.17) is 9.72 Å². The van der Waals surface area contributed by atoms with Crippen molar-refractivity contribution in [2.45, 2.75) is 68.7 Å². The highest BCUT2D eigenvalue weighted by molar-refractivity contribution is 7.99. The molecule has 0 radical (unpaired) electrons. The summed E-state index contributed by atoms with van der Waals surface area (Å²) in [5.74, 6) is 1.19. The molecule has 34 heavy (non-hydrogen) atoms. The molecule has 0 bridgehead atoms. The minimum absolute atomic E-state index is 0.0183. The molecule has 6 nitrogen and oxygen atoms in total. The van der Waals surface area contributed by atoms with Crippen molar-refractivity contribution in [2.75, 3.05) is 12.9 Å². The summed E-state index contributed by atoms with van der Waals surface area (Å²) in [6.45, 7) is 0.592. The highest BCUT2D eigenvalue weighted by atomic mass is 32.2. The second-order valence-corrected chi connectivity index (χ2v) is 10.2. The van der Waals surface area contributed by atoms with Crippen molar-refractivity contribution in [1.29, 1.82) is 0 Å². The molecule has 0 saturated heterocycles. The zero-order valence-electron chi connectivity index (χ0n) is 19.6. The number of nitrogens with zero attached hydrogens (tertiary/aromatic N) is 3. The summed E-state index contributed by atoms with van der Waals surface area (Å²) < 4.78 is 7.13. The van der Waals surface area contributed by atoms with E-state index in [1.807, 2.05) is 58.0 Å². The molecule has 2 aliphatic rings. The number of hydrogen-bond acceptors (Lipinski definition) is 5. The van der Waals surface area contributed by atoms with E-state index in [0.29, 0.717) is 28.6 Å². The molecule has 1 aromatic heterocycles. The van der Waals surface area contributed by atoms with Gasteiger partial charge >= 0.3 is 0 Å². The number of benzene rings is 2. The van der Waals surface area contributed by atoms with E-state index < -0.39 is 0 Å². The molecule has 2 saturated carbocycles. The first kappa shape index (κ1) is 23.0. The fraction of sp³-hybridized carbons (Fsp3) is 0.444. The van der Waals surface area contributed by atoms with Crippen molar-refractivity contribution >= 4 is 28.6 Å². The van der Waals surface area contributed by atoms with Gasteiger partial charge in [0, 0.05) is 18.6 Å². The van der Waals surface area contributed by atoms with Crippen LogP contribution in [0.1, 0.15) is 56.6 Å². The Balaban J connectivity index is 1.37. The number of carbonyl (C=O) groups excluding carboxylic acids is 1. The van der Waals surface area contributed by atoms with Crippen LogP contribution in [0, 0.1) is 0 Å². The maximum Gasteiger partial charge on any atom is 0.262 e. The average molecular weight is 478 g/mol. The van der Waals surface area contributed by atoms with Gasteiger partial charge in [-0.05, 0) is 55.5 Å². The van der Waals surface area contributed by atoms with Gasteiger partial charge in [0.25, 0.3) is 5.56 Å². The van der Waals surface area contributed by atoms with Gasteiger partial charge in [-0.2, -0.15) is 0 Å². The molecule has 0 spiro atoms. The molecule has 3 aromatic rings. The summed E-state index contributed by atoms with van der Waals surface area (Å²) in [7, 11) is 1.65. The first-order chi connectivity index (χ1) is 16.6. The second-order valence-electron chi connectivity index (χ2n) is 9.27. The molecule has 2 aliphatic carbocycles. The van der Waals surface area contributed by atoms with Crippen molar-refractivity contribution in [1.82, 2.24) is 14.5 Å². The SMILES string of the molecule is COc1ccc(CN(C(=O)CSc2nc3ccccc3c(=O)n2C2CCCCC2)C2CC2)cc1. The predicted octanol–water partition coefficient (Wildman–Crippen LogP) is 5.19. The molecule has 7 heteroatoms. The average Bonchev–Trinajstić information content (AvgIpc) is 3.72. The fourth-order valence-electron chi connectivity index (χ4n) is 4.83. The van der Waals surface area contributed by atoms with Crippen LogP contribution >= 0.6 is 11.8 Å². The van der Waals surface area contributed by atoms with Gasteiger partial charge in [-0.15, -0.1) is 0 Å². The van der Waals surface area contributed by atoms with Gasteiger partial charge in [0.05, 0.1) is 23.8 Å². The maximum atomic E-state index is 13.4. The van der Waals surface area contributed by atoms with E-state index in [2.05, 4.69) is 0 Å². The number of aromatic nitrogens is 2. The molecular weight excluding hydrogens is 446 g/mol. The lowest BCUT2D eigenvalue weighted by molar-refractivity contribution is -0.129. The van der Waals surface area contributed by atoms with Gasteiger partial charge < -0.3 is 9.64 Å². The minimum atomic E-state index is 0.0183. The molecule has 178 valence electrons. The molecule has 0 aliphatic heterocycles. The van der Waals surface area contributed by atoms with Crippen molar-refractivity contribution < 1.29 is 9.53 Å². The van der Waals surface area contributed by atoms with Gasteiger partial charge in [-0.1, -0.05) is 55.3 Å². The number of methoxy groups -OCH3 is 1. The molecule has 2 fully saturated rings. The van der Waals surface area contributed by atoms with Crippen molar-refractivity contribution in [3.8, 4) is 5.75 Å². The highest BCUT2D eigenvalue weighted by Gasteiger charge is 2.33. The maximum absolute atomic E-state index is 13.4. The van der Waals surface area contributed by atoms with Crippen LogP contribution in [0.2, 0.25) is 0 Å². The molecule has 5 rings (SSSR count). The van der Waals surface area contributed by atoms with E-state index in [1.165, 1.54) is 18.2 Å². The first-order valence-electron chi connectivity index (χ1n) is 12.2. The third-order valence-electron chi connectivity index (χ3n) is 6.86. The van der Waals surface area contributed by atoms with E-state index in [9.17, 15) is 9.59 Å². The van der Waals surface area contributed by atoms with Crippen LogP contribution in [0.15, 0.2) is 58.5 Å². The number of carbonyl (C=O) groups is 1. The topological polar surface area (TPSA) is 64.4 Å². The Morgan fingerprint density at radius 2 is 1.79 bits per heavy atom. The van der Waals surface area contributed by atoms with Crippen LogP contribution in [0.4, 0.5) is 0 Å². The van der Waals surface area contributed by atoms with E-state index in [-0.39, 0.29) is 23.3 Å².